The van der Waals surface area contributed by atoms with E-state index in [0.717, 1.165) is 18.4 Å². The summed E-state index contributed by atoms with van der Waals surface area (Å²) in [6.45, 7) is 10.1. The molecule has 3 unspecified atom stereocenters. The van der Waals surface area contributed by atoms with Gasteiger partial charge in [0.05, 0.1) is 12.0 Å². The van der Waals surface area contributed by atoms with Crippen LogP contribution in [0.4, 0.5) is 0 Å². The molecule has 3 nitrogen and oxygen atoms in total. The third kappa shape index (κ3) is 3.14. The molecule has 1 N–H and O–H groups in total. The number of rotatable bonds is 4. The van der Waals surface area contributed by atoms with Crippen LogP contribution in [0.2, 0.25) is 0 Å². The molecule has 0 spiro atoms. The standard InChI is InChI=1S/C15H27N3/c1-11(2)17-9-14-8-16-10-18(14)15-6-5-12(3)7-13(15)4/h8,10-13,15,17H,5-7,9H2,1-4H3. The maximum absolute atomic E-state index is 4.35. The van der Waals surface area contributed by atoms with Crippen LogP contribution in [-0.2, 0) is 6.54 Å². The molecule has 1 saturated carbocycles. The number of hydrogen-bond donors (Lipinski definition) is 1. The highest BCUT2D eigenvalue weighted by Gasteiger charge is 2.27. The first kappa shape index (κ1) is 13.6. The van der Waals surface area contributed by atoms with Crippen LogP contribution in [0.3, 0.4) is 0 Å². The van der Waals surface area contributed by atoms with Crippen LogP contribution < -0.4 is 5.32 Å². The largest absolute Gasteiger partial charge is 0.330 e. The molecule has 0 amide bonds. The summed E-state index contributed by atoms with van der Waals surface area (Å²) in [6, 6.07) is 1.17. The lowest BCUT2D eigenvalue weighted by atomic mass is 9.79. The molecule has 1 aromatic heterocycles. The topological polar surface area (TPSA) is 29.9 Å². The van der Waals surface area contributed by atoms with Crippen molar-refractivity contribution in [2.24, 2.45) is 11.8 Å². The first-order valence-electron chi connectivity index (χ1n) is 7.32. The minimum atomic E-state index is 0.525. The maximum atomic E-state index is 4.35. The van der Waals surface area contributed by atoms with Crippen molar-refractivity contribution in [3.8, 4) is 0 Å². The van der Waals surface area contributed by atoms with E-state index in [1.54, 1.807) is 0 Å². The number of nitrogens with one attached hydrogen (secondary N) is 1. The van der Waals surface area contributed by atoms with Gasteiger partial charge in [0.2, 0.25) is 0 Å². The Morgan fingerprint density at radius 3 is 2.83 bits per heavy atom. The molecular formula is C15H27N3. The molecule has 1 aliphatic carbocycles. The Labute approximate surface area is 111 Å². The molecule has 1 aromatic rings. The van der Waals surface area contributed by atoms with Crippen LogP contribution in [-0.4, -0.2) is 15.6 Å². The summed E-state index contributed by atoms with van der Waals surface area (Å²) < 4.78 is 2.41. The molecule has 0 radical (unpaired) electrons. The van der Waals surface area contributed by atoms with Crippen LogP contribution in [0.25, 0.3) is 0 Å². The third-order valence-electron chi connectivity index (χ3n) is 4.18. The molecule has 0 aliphatic heterocycles. The van der Waals surface area contributed by atoms with Crippen LogP contribution >= 0.6 is 0 Å². The Kier molecular flexibility index (Phi) is 4.44. The van der Waals surface area contributed by atoms with E-state index in [-0.39, 0.29) is 0 Å². The van der Waals surface area contributed by atoms with Gasteiger partial charge in [0.15, 0.2) is 0 Å². The lowest BCUT2D eigenvalue weighted by Gasteiger charge is -2.34. The predicted octanol–water partition coefficient (Wildman–Crippen LogP) is 3.38. The third-order valence-corrected chi connectivity index (χ3v) is 4.18. The second-order valence-corrected chi connectivity index (χ2v) is 6.29. The van der Waals surface area contributed by atoms with Gasteiger partial charge < -0.3 is 9.88 Å². The Bertz CT molecular complexity index is 370. The summed E-state index contributed by atoms with van der Waals surface area (Å²) in [7, 11) is 0. The van der Waals surface area contributed by atoms with Gasteiger partial charge in [-0.1, -0.05) is 27.7 Å². The van der Waals surface area contributed by atoms with Gasteiger partial charge in [-0.05, 0) is 31.1 Å². The van der Waals surface area contributed by atoms with E-state index in [0.29, 0.717) is 12.1 Å². The average Bonchev–Trinajstić information content (AvgIpc) is 2.74. The van der Waals surface area contributed by atoms with Crippen molar-refractivity contribution >= 4 is 0 Å². The van der Waals surface area contributed by atoms with E-state index in [9.17, 15) is 0 Å². The molecule has 3 atom stereocenters. The van der Waals surface area contributed by atoms with Crippen molar-refractivity contribution in [2.45, 2.75) is 65.6 Å². The molecule has 0 aromatic carbocycles. The zero-order valence-corrected chi connectivity index (χ0v) is 12.2. The van der Waals surface area contributed by atoms with Crippen molar-refractivity contribution in [3.05, 3.63) is 18.2 Å². The van der Waals surface area contributed by atoms with Gasteiger partial charge in [0.25, 0.3) is 0 Å². The predicted molar refractivity (Wildman–Crippen MR) is 75.4 cm³/mol. The second-order valence-electron chi connectivity index (χ2n) is 6.29. The lowest BCUT2D eigenvalue weighted by Crippen LogP contribution is -2.28. The Hall–Kier alpha value is -0.830. The van der Waals surface area contributed by atoms with Gasteiger partial charge in [0, 0.05) is 24.8 Å². The molecule has 1 fully saturated rings. The highest BCUT2D eigenvalue weighted by Crippen LogP contribution is 2.37. The quantitative estimate of drug-likeness (QED) is 0.886. The monoisotopic (exact) mass is 249 g/mol. The smallest absolute Gasteiger partial charge is 0.0951 e. The van der Waals surface area contributed by atoms with Crippen molar-refractivity contribution in [1.82, 2.24) is 14.9 Å². The van der Waals surface area contributed by atoms with Gasteiger partial charge in [-0.2, -0.15) is 0 Å². The SMILES string of the molecule is CC1CCC(n2cncc2CNC(C)C)C(C)C1. The second kappa shape index (κ2) is 5.87. The van der Waals surface area contributed by atoms with E-state index in [1.807, 2.05) is 12.5 Å². The molecule has 102 valence electrons. The fraction of sp³-hybridized carbons (Fsp3) is 0.800. The van der Waals surface area contributed by atoms with Crippen molar-refractivity contribution in [3.63, 3.8) is 0 Å². The van der Waals surface area contributed by atoms with Gasteiger partial charge in [-0.15, -0.1) is 0 Å². The van der Waals surface area contributed by atoms with E-state index in [1.165, 1.54) is 25.0 Å². The van der Waals surface area contributed by atoms with Crippen LogP contribution in [0, 0.1) is 11.8 Å². The summed E-state index contributed by atoms with van der Waals surface area (Å²) >= 11 is 0. The molecule has 0 saturated heterocycles. The van der Waals surface area contributed by atoms with Crippen molar-refractivity contribution in [1.29, 1.82) is 0 Å². The number of aromatic nitrogens is 2. The first-order valence-corrected chi connectivity index (χ1v) is 7.32. The Balaban J connectivity index is 2.06. The maximum Gasteiger partial charge on any atom is 0.0951 e. The Morgan fingerprint density at radius 2 is 2.17 bits per heavy atom. The number of hydrogen-bond acceptors (Lipinski definition) is 2. The van der Waals surface area contributed by atoms with Crippen molar-refractivity contribution in [2.75, 3.05) is 0 Å². The van der Waals surface area contributed by atoms with Crippen LogP contribution in [0.15, 0.2) is 12.5 Å². The van der Waals surface area contributed by atoms with Gasteiger partial charge in [0.1, 0.15) is 0 Å². The molecule has 18 heavy (non-hydrogen) atoms. The van der Waals surface area contributed by atoms with Gasteiger partial charge in [-0.3, -0.25) is 0 Å². The molecule has 0 bridgehead atoms. The van der Waals surface area contributed by atoms with E-state index >= 15 is 0 Å². The molecule has 1 heterocycles. The Morgan fingerprint density at radius 1 is 1.39 bits per heavy atom. The number of nitrogens with zero attached hydrogens (tertiary/aromatic N) is 2. The van der Waals surface area contributed by atoms with E-state index in [4.69, 9.17) is 0 Å². The lowest BCUT2D eigenvalue weighted by molar-refractivity contribution is 0.204. The molecule has 2 rings (SSSR count). The highest BCUT2D eigenvalue weighted by molar-refractivity contribution is 5.02. The number of imidazole rings is 1. The fourth-order valence-corrected chi connectivity index (χ4v) is 3.14. The van der Waals surface area contributed by atoms with E-state index < -0.39 is 0 Å². The van der Waals surface area contributed by atoms with Crippen LogP contribution in [0.5, 0.6) is 0 Å². The normalized spacial score (nSPS) is 28.8. The van der Waals surface area contributed by atoms with Crippen molar-refractivity contribution < 1.29 is 0 Å². The van der Waals surface area contributed by atoms with Gasteiger partial charge >= 0.3 is 0 Å². The fourth-order valence-electron chi connectivity index (χ4n) is 3.14. The van der Waals surface area contributed by atoms with E-state index in [2.05, 4.69) is 42.6 Å². The summed E-state index contributed by atoms with van der Waals surface area (Å²) in [6.07, 6.45) is 8.03. The minimum absolute atomic E-state index is 0.525. The summed E-state index contributed by atoms with van der Waals surface area (Å²) in [5.41, 5.74) is 1.33. The summed E-state index contributed by atoms with van der Waals surface area (Å²) in [5.74, 6) is 1.65. The molecular weight excluding hydrogens is 222 g/mol. The average molecular weight is 249 g/mol. The van der Waals surface area contributed by atoms with Crippen LogP contribution in [0.1, 0.15) is 58.7 Å². The molecule has 1 aliphatic rings. The summed E-state index contributed by atoms with van der Waals surface area (Å²) in [5, 5.41) is 3.49. The first-order chi connectivity index (χ1) is 8.58. The molecule has 3 heteroatoms. The zero-order chi connectivity index (χ0) is 13.1. The minimum Gasteiger partial charge on any atom is -0.330 e. The highest BCUT2D eigenvalue weighted by atomic mass is 15.1. The van der Waals surface area contributed by atoms with Gasteiger partial charge in [-0.25, -0.2) is 4.98 Å². The summed E-state index contributed by atoms with van der Waals surface area (Å²) in [4.78, 5) is 4.35. The zero-order valence-electron chi connectivity index (χ0n) is 12.2.